The molecule has 0 unspecified atom stereocenters. The predicted octanol–water partition coefficient (Wildman–Crippen LogP) is -0.211. The van der Waals surface area contributed by atoms with Crippen molar-refractivity contribution in [2.75, 3.05) is 39.4 Å². The van der Waals surface area contributed by atoms with Gasteiger partial charge in [-0.3, -0.25) is 9.59 Å². The molecule has 8 heteroatoms. The number of morpholine rings is 1. The molecule has 3 amide bonds. The lowest BCUT2D eigenvalue weighted by atomic mass is 10.2. The molecule has 1 heterocycles. The van der Waals surface area contributed by atoms with E-state index < -0.39 is 5.97 Å². The van der Waals surface area contributed by atoms with Crippen LogP contribution in [-0.4, -0.2) is 67.3 Å². The van der Waals surface area contributed by atoms with Gasteiger partial charge in [-0.2, -0.15) is 0 Å². The molecule has 1 aliphatic heterocycles. The van der Waals surface area contributed by atoms with Crippen LogP contribution in [-0.2, 0) is 14.3 Å². The van der Waals surface area contributed by atoms with E-state index in [4.69, 9.17) is 9.84 Å². The summed E-state index contributed by atoms with van der Waals surface area (Å²) in [5.74, 6) is -0.818. The Hall–Kier alpha value is -1.83. The van der Waals surface area contributed by atoms with E-state index in [2.05, 4.69) is 10.6 Å². The summed E-state index contributed by atoms with van der Waals surface area (Å²) in [7, 11) is 0. The summed E-state index contributed by atoms with van der Waals surface area (Å²) in [6.45, 7) is 3.06. The molecule has 1 fully saturated rings. The van der Waals surface area contributed by atoms with Gasteiger partial charge in [-0.25, -0.2) is 4.79 Å². The van der Waals surface area contributed by atoms with Gasteiger partial charge >= 0.3 is 12.0 Å². The number of hydrogen-bond acceptors (Lipinski definition) is 4. The van der Waals surface area contributed by atoms with E-state index in [1.54, 1.807) is 4.90 Å². The summed E-state index contributed by atoms with van der Waals surface area (Å²) in [6, 6.07) is -0.333. The summed E-state index contributed by atoms with van der Waals surface area (Å²) in [4.78, 5) is 35.2. The maximum atomic E-state index is 11.8. The van der Waals surface area contributed by atoms with Crippen LogP contribution in [0.15, 0.2) is 0 Å². The zero-order valence-electron chi connectivity index (χ0n) is 12.1. The zero-order chi connectivity index (χ0) is 15.5. The molecular weight excluding hydrogens is 278 g/mol. The highest BCUT2D eigenvalue weighted by Gasteiger charge is 2.16. The standard InChI is InChI=1S/C13H23N3O5/c17-11(16-7-9-21-10-8-16)4-6-15-13(20)14-5-2-1-3-12(18)19/h1-10H2,(H,18,19)(H2,14,15,20). The second-order valence-corrected chi connectivity index (χ2v) is 4.78. The zero-order valence-corrected chi connectivity index (χ0v) is 12.1. The van der Waals surface area contributed by atoms with Crippen LogP contribution in [0.25, 0.3) is 0 Å². The van der Waals surface area contributed by atoms with E-state index in [1.165, 1.54) is 0 Å². The van der Waals surface area contributed by atoms with Crippen LogP contribution in [0.5, 0.6) is 0 Å². The first-order valence-electron chi connectivity index (χ1n) is 7.18. The van der Waals surface area contributed by atoms with E-state index in [9.17, 15) is 14.4 Å². The molecule has 0 atom stereocenters. The van der Waals surface area contributed by atoms with Gasteiger partial charge in [-0.1, -0.05) is 0 Å². The van der Waals surface area contributed by atoms with Crippen molar-refractivity contribution >= 4 is 17.9 Å². The molecule has 8 nitrogen and oxygen atoms in total. The SMILES string of the molecule is O=C(O)CCCCNC(=O)NCCC(=O)N1CCOCC1. The third kappa shape index (κ3) is 8.13. The maximum absolute atomic E-state index is 11.8. The van der Waals surface area contributed by atoms with Crippen LogP contribution in [0.2, 0.25) is 0 Å². The van der Waals surface area contributed by atoms with Crippen molar-refractivity contribution in [2.24, 2.45) is 0 Å². The number of nitrogens with one attached hydrogen (secondary N) is 2. The summed E-state index contributed by atoms with van der Waals surface area (Å²) in [6.07, 6.45) is 1.53. The van der Waals surface area contributed by atoms with Gasteiger partial charge in [0.1, 0.15) is 0 Å². The molecule has 0 aliphatic carbocycles. The van der Waals surface area contributed by atoms with Gasteiger partial charge in [-0.15, -0.1) is 0 Å². The fraction of sp³-hybridized carbons (Fsp3) is 0.769. The minimum atomic E-state index is -0.832. The first-order valence-corrected chi connectivity index (χ1v) is 7.18. The number of carboxylic acid groups (broad SMARTS) is 1. The number of carboxylic acids is 1. The highest BCUT2D eigenvalue weighted by molar-refractivity contribution is 5.78. The van der Waals surface area contributed by atoms with Crippen LogP contribution in [0.1, 0.15) is 25.7 Å². The third-order valence-corrected chi connectivity index (χ3v) is 3.09. The molecule has 0 spiro atoms. The molecule has 1 aliphatic rings. The number of aliphatic carboxylic acids is 1. The number of hydrogen-bond donors (Lipinski definition) is 3. The van der Waals surface area contributed by atoms with Crippen molar-refractivity contribution in [3.8, 4) is 0 Å². The van der Waals surface area contributed by atoms with Crippen LogP contribution in [0.3, 0.4) is 0 Å². The van der Waals surface area contributed by atoms with Gasteiger partial charge in [0.25, 0.3) is 0 Å². The molecular formula is C13H23N3O5. The number of ether oxygens (including phenoxy) is 1. The highest BCUT2D eigenvalue weighted by Crippen LogP contribution is 1.99. The molecule has 0 bridgehead atoms. The second kappa shape index (κ2) is 9.98. The molecule has 1 saturated heterocycles. The van der Waals surface area contributed by atoms with E-state index in [-0.39, 0.29) is 31.3 Å². The van der Waals surface area contributed by atoms with E-state index >= 15 is 0 Å². The molecule has 0 aromatic heterocycles. The van der Waals surface area contributed by atoms with Crippen LogP contribution >= 0.6 is 0 Å². The second-order valence-electron chi connectivity index (χ2n) is 4.78. The molecule has 0 aromatic rings. The van der Waals surface area contributed by atoms with Gasteiger partial charge in [-0.05, 0) is 12.8 Å². The lowest BCUT2D eigenvalue weighted by Crippen LogP contribution is -2.43. The number of amides is 3. The van der Waals surface area contributed by atoms with Crippen LogP contribution < -0.4 is 10.6 Å². The van der Waals surface area contributed by atoms with E-state index in [0.717, 1.165) is 0 Å². The average molecular weight is 301 g/mol. The number of carbonyl (C=O) groups excluding carboxylic acids is 2. The topological polar surface area (TPSA) is 108 Å². The summed E-state index contributed by atoms with van der Waals surface area (Å²) < 4.78 is 5.16. The highest BCUT2D eigenvalue weighted by atomic mass is 16.5. The van der Waals surface area contributed by atoms with Crippen LogP contribution in [0.4, 0.5) is 4.79 Å². The molecule has 120 valence electrons. The van der Waals surface area contributed by atoms with Gasteiger partial charge < -0.3 is 25.4 Å². The predicted molar refractivity (Wildman–Crippen MR) is 74.9 cm³/mol. The van der Waals surface area contributed by atoms with Gasteiger partial charge in [0.15, 0.2) is 0 Å². The summed E-state index contributed by atoms with van der Waals surface area (Å²) in [5.41, 5.74) is 0. The number of nitrogens with zero attached hydrogens (tertiary/aromatic N) is 1. The van der Waals surface area contributed by atoms with Crippen molar-refractivity contribution < 1.29 is 24.2 Å². The third-order valence-electron chi connectivity index (χ3n) is 3.09. The number of carbonyl (C=O) groups is 3. The summed E-state index contributed by atoms with van der Waals surface area (Å²) >= 11 is 0. The smallest absolute Gasteiger partial charge is 0.314 e. The minimum Gasteiger partial charge on any atom is -0.481 e. The van der Waals surface area contributed by atoms with Crippen molar-refractivity contribution in [1.82, 2.24) is 15.5 Å². The Morgan fingerprint density at radius 1 is 1.00 bits per heavy atom. The fourth-order valence-electron chi connectivity index (χ4n) is 1.92. The Labute approximate surface area is 123 Å². The lowest BCUT2D eigenvalue weighted by molar-refractivity contribution is -0.137. The Morgan fingerprint density at radius 3 is 2.33 bits per heavy atom. The fourth-order valence-corrected chi connectivity index (χ4v) is 1.92. The molecule has 0 radical (unpaired) electrons. The van der Waals surface area contributed by atoms with Crippen molar-refractivity contribution in [2.45, 2.75) is 25.7 Å². The molecule has 3 N–H and O–H groups in total. The van der Waals surface area contributed by atoms with Crippen molar-refractivity contribution in [1.29, 1.82) is 0 Å². The molecule has 0 saturated carbocycles. The van der Waals surface area contributed by atoms with Gasteiger partial charge in [0, 0.05) is 39.0 Å². The molecule has 1 rings (SSSR count). The Bertz CT molecular complexity index is 356. The normalized spacial score (nSPS) is 14.6. The van der Waals surface area contributed by atoms with Gasteiger partial charge in [0.05, 0.1) is 13.2 Å². The lowest BCUT2D eigenvalue weighted by Gasteiger charge is -2.26. The Balaban J connectivity index is 1.99. The van der Waals surface area contributed by atoms with Crippen molar-refractivity contribution in [3.05, 3.63) is 0 Å². The van der Waals surface area contributed by atoms with Gasteiger partial charge in [0.2, 0.25) is 5.91 Å². The first kappa shape index (κ1) is 17.2. The van der Waals surface area contributed by atoms with E-state index in [0.29, 0.717) is 45.7 Å². The molecule has 21 heavy (non-hydrogen) atoms. The monoisotopic (exact) mass is 301 g/mol. The van der Waals surface area contributed by atoms with Crippen molar-refractivity contribution in [3.63, 3.8) is 0 Å². The number of unbranched alkanes of at least 4 members (excludes halogenated alkanes) is 1. The average Bonchev–Trinajstić information content (AvgIpc) is 2.47. The minimum absolute atomic E-state index is 0.0139. The van der Waals surface area contributed by atoms with E-state index in [1.807, 2.05) is 0 Å². The maximum Gasteiger partial charge on any atom is 0.314 e. The Morgan fingerprint density at radius 2 is 1.67 bits per heavy atom. The molecule has 0 aromatic carbocycles. The number of rotatable bonds is 8. The largest absolute Gasteiger partial charge is 0.481 e. The summed E-state index contributed by atoms with van der Waals surface area (Å²) in [5, 5.41) is 13.7. The number of urea groups is 1. The quantitative estimate of drug-likeness (QED) is 0.538. The van der Waals surface area contributed by atoms with Crippen LogP contribution in [0, 0.1) is 0 Å². The first-order chi connectivity index (χ1) is 10.1. The Kier molecular flexibility index (Phi) is 8.18.